The van der Waals surface area contributed by atoms with Gasteiger partial charge in [-0.2, -0.15) is 0 Å². The van der Waals surface area contributed by atoms with E-state index in [2.05, 4.69) is 5.32 Å². The minimum atomic E-state index is -3.40. The summed E-state index contributed by atoms with van der Waals surface area (Å²) in [6.45, 7) is 4.88. The lowest BCUT2D eigenvalue weighted by atomic mass is 9.94. The molecule has 6 heteroatoms. The first-order valence-corrected chi connectivity index (χ1v) is 7.23. The van der Waals surface area contributed by atoms with Crippen molar-refractivity contribution in [1.29, 1.82) is 0 Å². The van der Waals surface area contributed by atoms with Crippen LogP contribution in [0, 0.1) is 5.41 Å². The van der Waals surface area contributed by atoms with Crippen LogP contribution < -0.4 is 5.32 Å². The molecule has 16 heavy (non-hydrogen) atoms. The van der Waals surface area contributed by atoms with E-state index in [1.54, 1.807) is 13.8 Å². The van der Waals surface area contributed by atoms with Crippen molar-refractivity contribution in [2.24, 2.45) is 5.41 Å². The van der Waals surface area contributed by atoms with Crippen molar-refractivity contribution in [3.8, 4) is 0 Å². The quantitative estimate of drug-likeness (QED) is 0.703. The highest BCUT2D eigenvalue weighted by Crippen LogP contribution is 2.34. The lowest BCUT2D eigenvalue weighted by Crippen LogP contribution is -2.49. The zero-order valence-corrected chi connectivity index (χ0v) is 10.5. The molecule has 0 aromatic rings. The number of amides is 1. The maximum absolute atomic E-state index is 12.1. The third-order valence-electron chi connectivity index (χ3n) is 3.22. The molecule has 0 radical (unpaired) electrons. The zero-order valence-electron chi connectivity index (χ0n) is 9.69. The summed E-state index contributed by atoms with van der Waals surface area (Å²) in [7, 11) is -3.40. The summed E-state index contributed by atoms with van der Waals surface area (Å²) in [4.78, 5) is 12.1. The summed E-state index contributed by atoms with van der Waals surface area (Å²) in [5, 5.41) is 3.14. The van der Waals surface area contributed by atoms with Gasteiger partial charge < -0.3 is 5.32 Å². The van der Waals surface area contributed by atoms with Crippen LogP contribution in [0.2, 0.25) is 0 Å². The van der Waals surface area contributed by atoms with Crippen molar-refractivity contribution in [3.63, 3.8) is 0 Å². The van der Waals surface area contributed by atoms with Gasteiger partial charge in [0.2, 0.25) is 15.9 Å². The van der Waals surface area contributed by atoms with Gasteiger partial charge in [0.05, 0.1) is 17.2 Å². The lowest BCUT2D eigenvalue weighted by molar-refractivity contribution is -0.134. The number of hydrogen-bond acceptors (Lipinski definition) is 4. The summed E-state index contributed by atoms with van der Waals surface area (Å²) in [5.74, 6) is -0.309. The predicted molar refractivity (Wildman–Crippen MR) is 60.3 cm³/mol. The van der Waals surface area contributed by atoms with Gasteiger partial charge in [-0.1, -0.05) is 0 Å². The van der Waals surface area contributed by atoms with Gasteiger partial charge in [-0.15, -0.1) is 0 Å². The number of rotatable bonds is 1. The van der Waals surface area contributed by atoms with Crippen molar-refractivity contribution in [2.45, 2.75) is 32.7 Å². The number of carbonyl (C=O) groups is 1. The van der Waals surface area contributed by atoms with Crippen LogP contribution in [0.5, 0.6) is 0 Å². The van der Waals surface area contributed by atoms with Gasteiger partial charge in [0.1, 0.15) is 0 Å². The van der Waals surface area contributed by atoms with Crippen molar-refractivity contribution >= 4 is 15.9 Å². The molecule has 1 unspecified atom stereocenters. The minimum absolute atomic E-state index is 0.0602. The second-order valence-corrected chi connectivity index (χ2v) is 7.09. The first kappa shape index (κ1) is 11.9. The largest absolute Gasteiger partial charge is 0.315 e. The van der Waals surface area contributed by atoms with E-state index in [0.29, 0.717) is 6.54 Å². The number of nitrogens with zero attached hydrogens (tertiary/aromatic N) is 1. The molecule has 0 saturated carbocycles. The third kappa shape index (κ3) is 1.84. The van der Waals surface area contributed by atoms with E-state index in [-0.39, 0.29) is 17.7 Å². The molecular weight excluding hydrogens is 228 g/mol. The molecule has 0 aliphatic carbocycles. The van der Waals surface area contributed by atoms with E-state index < -0.39 is 15.4 Å². The molecule has 0 aromatic heterocycles. The number of nitrogens with one attached hydrogen (secondary N) is 1. The Labute approximate surface area is 96.2 Å². The Balaban J connectivity index is 2.29. The summed E-state index contributed by atoms with van der Waals surface area (Å²) in [6, 6.07) is -0.187. The first-order chi connectivity index (χ1) is 7.34. The van der Waals surface area contributed by atoms with Gasteiger partial charge in [-0.05, 0) is 33.2 Å². The van der Waals surface area contributed by atoms with Crippen molar-refractivity contribution in [1.82, 2.24) is 9.62 Å². The Morgan fingerprint density at radius 3 is 2.56 bits per heavy atom. The molecule has 2 rings (SSSR count). The number of piperidine rings is 1. The SMILES string of the molecule is CC1(C)CS(=O)(=O)N(C2CCCNC2)C1=O. The van der Waals surface area contributed by atoms with E-state index in [1.807, 2.05) is 0 Å². The Morgan fingerprint density at radius 2 is 2.12 bits per heavy atom. The fourth-order valence-corrected chi connectivity index (χ4v) is 4.75. The van der Waals surface area contributed by atoms with Gasteiger partial charge >= 0.3 is 0 Å². The monoisotopic (exact) mass is 246 g/mol. The Bertz CT molecular complexity index is 396. The molecule has 2 fully saturated rings. The molecule has 1 amide bonds. The zero-order chi connectivity index (χ0) is 12.0. The molecule has 0 aromatic carbocycles. The van der Waals surface area contributed by atoms with Crippen LogP contribution in [0.1, 0.15) is 26.7 Å². The number of carbonyl (C=O) groups excluding carboxylic acids is 1. The van der Waals surface area contributed by atoms with Gasteiger partial charge in [-0.3, -0.25) is 4.79 Å². The molecule has 2 saturated heterocycles. The van der Waals surface area contributed by atoms with Crippen LogP contribution in [-0.4, -0.2) is 43.5 Å². The van der Waals surface area contributed by atoms with E-state index in [4.69, 9.17) is 0 Å². The molecule has 92 valence electrons. The molecule has 1 atom stereocenters. The van der Waals surface area contributed by atoms with E-state index in [0.717, 1.165) is 23.7 Å². The van der Waals surface area contributed by atoms with E-state index in [1.165, 1.54) is 0 Å². The molecule has 2 aliphatic rings. The molecule has 5 nitrogen and oxygen atoms in total. The normalized spacial score (nSPS) is 33.0. The van der Waals surface area contributed by atoms with Crippen LogP contribution in [0.25, 0.3) is 0 Å². The average Bonchev–Trinajstić information content (AvgIpc) is 2.33. The lowest BCUT2D eigenvalue weighted by Gasteiger charge is -2.30. The first-order valence-electron chi connectivity index (χ1n) is 5.62. The summed E-state index contributed by atoms with van der Waals surface area (Å²) < 4.78 is 25.1. The van der Waals surface area contributed by atoms with Crippen LogP contribution in [0.4, 0.5) is 0 Å². The van der Waals surface area contributed by atoms with Crippen LogP contribution in [0.3, 0.4) is 0 Å². The highest BCUT2D eigenvalue weighted by Gasteiger charge is 2.51. The molecule has 0 spiro atoms. The second-order valence-electron chi connectivity index (χ2n) is 5.24. The highest BCUT2D eigenvalue weighted by atomic mass is 32.2. The maximum Gasteiger partial charge on any atom is 0.243 e. The number of sulfonamides is 1. The Kier molecular flexibility index (Phi) is 2.74. The standard InChI is InChI=1S/C10H18N2O3S/c1-10(2)7-16(14,15)12(9(10)13)8-4-3-5-11-6-8/h8,11H,3-7H2,1-2H3. The fourth-order valence-electron chi connectivity index (χ4n) is 2.44. The van der Waals surface area contributed by atoms with E-state index in [9.17, 15) is 13.2 Å². The highest BCUT2D eigenvalue weighted by molar-refractivity contribution is 7.90. The minimum Gasteiger partial charge on any atom is -0.315 e. The topological polar surface area (TPSA) is 66.5 Å². The van der Waals surface area contributed by atoms with Crippen molar-refractivity contribution in [3.05, 3.63) is 0 Å². The Hall–Kier alpha value is -0.620. The smallest absolute Gasteiger partial charge is 0.243 e. The summed E-state index contributed by atoms with van der Waals surface area (Å²) in [5.41, 5.74) is -0.768. The molecule has 0 bridgehead atoms. The average molecular weight is 246 g/mol. The molecular formula is C10H18N2O3S. The van der Waals surface area contributed by atoms with Crippen molar-refractivity contribution in [2.75, 3.05) is 18.8 Å². The second kappa shape index (κ2) is 3.70. The van der Waals surface area contributed by atoms with Crippen LogP contribution in [0.15, 0.2) is 0 Å². The summed E-state index contributed by atoms with van der Waals surface area (Å²) >= 11 is 0. The maximum atomic E-state index is 12.1. The number of hydrogen-bond donors (Lipinski definition) is 1. The molecule has 1 N–H and O–H groups in total. The van der Waals surface area contributed by atoms with Crippen molar-refractivity contribution < 1.29 is 13.2 Å². The van der Waals surface area contributed by atoms with E-state index >= 15 is 0 Å². The van der Waals surface area contributed by atoms with Gasteiger partial charge in [0, 0.05) is 6.54 Å². The van der Waals surface area contributed by atoms with Crippen LogP contribution in [-0.2, 0) is 14.8 Å². The van der Waals surface area contributed by atoms with Gasteiger partial charge in [0.25, 0.3) is 0 Å². The van der Waals surface area contributed by atoms with Gasteiger partial charge in [0.15, 0.2) is 0 Å². The fraction of sp³-hybridized carbons (Fsp3) is 0.900. The summed E-state index contributed by atoms with van der Waals surface area (Å²) in [6.07, 6.45) is 1.69. The van der Waals surface area contributed by atoms with Gasteiger partial charge in [-0.25, -0.2) is 12.7 Å². The predicted octanol–water partition coefficient (Wildman–Crippen LogP) is -0.0634. The third-order valence-corrected chi connectivity index (χ3v) is 5.37. The molecule has 2 aliphatic heterocycles. The van der Waals surface area contributed by atoms with Crippen LogP contribution >= 0.6 is 0 Å². The molecule has 2 heterocycles. The Morgan fingerprint density at radius 1 is 1.44 bits per heavy atom.